The van der Waals surface area contributed by atoms with Gasteiger partial charge in [0.15, 0.2) is 0 Å². The summed E-state index contributed by atoms with van der Waals surface area (Å²) >= 11 is 1.44. The molecule has 1 unspecified atom stereocenters. The van der Waals surface area contributed by atoms with Crippen molar-refractivity contribution in [3.05, 3.63) is 57.8 Å². The number of rotatable bonds is 4. The minimum Gasteiger partial charge on any atom is -0.383 e. The lowest BCUT2D eigenvalue weighted by Crippen LogP contribution is -2.38. The minimum absolute atomic E-state index is 0.131. The third kappa shape index (κ3) is 3.23. The molecule has 0 radical (unpaired) electrons. The van der Waals surface area contributed by atoms with Crippen molar-refractivity contribution < 1.29 is 9.90 Å². The maximum Gasteiger partial charge on any atom is 0.251 e. The van der Waals surface area contributed by atoms with Gasteiger partial charge in [0.25, 0.3) is 5.91 Å². The molecule has 0 aliphatic heterocycles. The first-order valence-electron chi connectivity index (χ1n) is 6.07. The second kappa shape index (κ2) is 5.87. The summed E-state index contributed by atoms with van der Waals surface area (Å²) in [4.78, 5) is 12.8. The molecule has 0 fully saturated rings. The third-order valence-electron chi connectivity index (χ3n) is 2.92. The molecule has 102 valence electrons. The van der Waals surface area contributed by atoms with Gasteiger partial charge in [-0.05, 0) is 42.6 Å². The van der Waals surface area contributed by atoms with Crippen LogP contribution in [0.2, 0.25) is 0 Å². The fourth-order valence-corrected chi connectivity index (χ4v) is 2.51. The van der Waals surface area contributed by atoms with Crippen molar-refractivity contribution in [3.8, 4) is 6.07 Å². The van der Waals surface area contributed by atoms with E-state index in [9.17, 15) is 9.90 Å². The molecule has 1 aromatic heterocycles. The Bertz CT molecular complexity index is 625. The summed E-state index contributed by atoms with van der Waals surface area (Å²) < 4.78 is 0. The molecule has 1 atom stereocenters. The molecule has 4 nitrogen and oxygen atoms in total. The molecule has 0 aliphatic carbocycles. The SMILES string of the molecule is CC(O)(CNC(=O)c1ccc(C#N)cc1)c1cccs1. The zero-order valence-corrected chi connectivity index (χ0v) is 11.8. The van der Waals surface area contributed by atoms with Crippen LogP contribution in [0.15, 0.2) is 41.8 Å². The standard InChI is InChI=1S/C15H14N2O2S/c1-15(19,13-3-2-8-20-13)10-17-14(18)12-6-4-11(9-16)5-7-12/h2-8,19H,10H2,1H3,(H,17,18). The number of nitrogens with zero attached hydrogens (tertiary/aromatic N) is 1. The average molecular weight is 286 g/mol. The van der Waals surface area contributed by atoms with Crippen LogP contribution in [0, 0.1) is 11.3 Å². The van der Waals surface area contributed by atoms with Crippen molar-refractivity contribution in [2.75, 3.05) is 6.54 Å². The van der Waals surface area contributed by atoms with E-state index in [1.54, 1.807) is 31.2 Å². The van der Waals surface area contributed by atoms with E-state index >= 15 is 0 Å². The maximum atomic E-state index is 12.0. The molecular weight excluding hydrogens is 272 g/mol. The van der Waals surface area contributed by atoms with Gasteiger partial charge in [-0.1, -0.05) is 6.07 Å². The van der Waals surface area contributed by atoms with Gasteiger partial charge in [0.2, 0.25) is 0 Å². The minimum atomic E-state index is -1.09. The Kier molecular flexibility index (Phi) is 4.18. The van der Waals surface area contributed by atoms with Crippen LogP contribution >= 0.6 is 11.3 Å². The van der Waals surface area contributed by atoms with Crippen LogP contribution in [0.3, 0.4) is 0 Å². The zero-order valence-electron chi connectivity index (χ0n) is 11.0. The van der Waals surface area contributed by atoms with E-state index in [4.69, 9.17) is 5.26 Å². The summed E-state index contributed by atoms with van der Waals surface area (Å²) in [5, 5.41) is 23.6. The highest BCUT2D eigenvalue weighted by molar-refractivity contribution is 7.10. The molecule has 0 saturated carbocycles. The van der Waals surface area contributed by atoms with Crippen molar-refractivity contribution in [1.82, 2.24) is 5.32 Å². The molecule has 0 spiro atoms. The zero-order chi connectivity index (χ0) is 14.6. The number of hydrogen-bond acceptors (Lipinski definition) is 4. The number of benzene rings is 1. The molecule has 1 amide bonds. The Morgan fingerprint density at radius 3 is 2.65 bits per heavy atom. The van der Waals surface area contributed by atoms with Crippen LogP contribution in [-0.4, -0.2) is 17.6 Å². The summed E-state index contributed by atoms with van der Waals surface area (Å²) in [5.74, 6) is -0.272. The average Bonchev–Trinajstić information content (AvgIpc) is 3.00. The maximum absolute atomic E-state index is 12.0. The lowest BCUT2D eigenvalue weighted by molar-refractivity contribution is 0.0557. The van der Waals surface area contributed by atoms with Crippen molar-refractivity contribution in [2.24, 2.45) is 0 Å². The highest BCUT2D eigenvalue weighted by atomic mass is 32.1. The number of nitrogens with one attached hydrogen (secondary N) is 1. The molecule has 0 aliphatic rings. The van der Waals surface area contributed by atoms with Gasteiger partial charge in [-0.25, -0.2) is 0 Å². The molecule has 0 bridgehead atoms. The number of aliphatic hydroxyl groups is 1. The normalized spacial score (nSPS) is 13.2. The summed E-state index contributed by atoms with van der Waals surface area (Å²) in [7, 11) is 0. The van der Waals surface area contributed by atoms with E-state index in [2.05, 4.69) is 5.32 Å². The van der Waals surface area contributed by atoms with Crippen LogP contribution in [0.25, 0.3) is 0 Å². The second-order valence-corrected chi connectivity index (χ2v) is 5.57. The topological polar surface area (TPSA) is 73.1 Å². The van der Waals surface area contributed by atoms with Gasteiger partial charge in [0, 0.05) is 10.4 Å². The molecule has 2 rings (SSSR count). The lowest BCUT2D eigenvalue weighted by Gasteiger charge is -2.22. The van der Waals surface area contributed by atoms with Gasteiger partial charge in [0.1, 0.15) is 5.60 Å². The van der Waals surface area contributed by atoms with Crippen molar-refractivity contribution >= 4 is 17.2 Å². The Hall–Kier alpha value is -2.16. The Morgan fingerprint density at radius 2 is 2.10 bits per heavy atom. The molecule has 2 aromatic rings. The number of carbonyl (C=O) groups excluding carboxylic acids is 1. The Balaban J connectivity index is 2.00. The van der Waals surface area contributed by atoms with E-state index in [-0.39, 0.29) is 12.5 Å². The smallest absolute Gasteiger partial charge is 0.251 e. The monoisotopic (exact) mass is 286 g/mol. The van der Waals surface area contributed by atoms with Crippen LogP contribution < -0.4 is 5.32 Å². The van der Waals surface area contributed by atoms with Crippen LogP contribution in [0.4, 0.5) is 0 Å². The first-order chi connectivity index (χ1) is 9.53. The number of hydrogen-bond donors (Lipinski definition) is 2. The van der Waals surface area contributed by atoms with Crippen LogP contribution in [0.1, 0.15) is 27.7 Å². The predicted molar refractivity (Wildman–Crippen MR) is 77.4 cm³/mol. The van der Waals surface area contributed by atoms with E-state index in [0.717, 1.165) is 4.88 Å². The highest BCUT2D eigenvalue weighted by Crippen LogP contribution is 2.24. The first kappa shape index (κ1) is 14.3. The predicted octanol–water partition coefficient (Wildman–Crippen LogP) is 2.26. The van der Waals surface area contributed by atoms with Gasteiger partial charge in [-0.3, -0.25) is 4.79 Å². The summed E-state index contributed by atoms with van der Waals surface area (Å²) in [5.41, 5.74) is -0.116. The summed E-state index contributed by atoms with van der Waals surface area (Å²) in [6, 6.07) is 12.0. The van der Waals surface area contributed by atoms with E-state index in [0.29, 0.717) is 11.1 Å². The van der Waals surface area contributed by atoms with Gasteiger partial charge >= 0.3 is 0 Å². The van der Waals surface area contributed by atoms with Gasteiger partial charge in [-0.15, -0.1) is 11.3 Å². The summed E-state index contributed by atoms with van der Waals surface area (Å²) in [6.07, 6.45) is 0. The van der Waals surface area contributed by atoms with E-state index in [1.807, 2.05) is 23.6 Å². The Morgan fingerprint density at radius 1 is 1.40 bits per heavy atom. The van der Waals surface area contributed by atoms with Crippen molar-refractivity contribution in [2.45, 2.75) is 12.5 Å². The number of nitriles is 1. The van der Waals surface area contributed by atoms with Gasteiger partial charge in [0.05, 0.1) is 18.2 Å². The van der Waals surface area contributed by atoms with Crippen LogP contribution in [-0.2, 0) is 5.60 Å². The molecular formula is C15H14N2O2S. The largest absolute Gasteiger partial charge is 0.383 e. The fourth-order valence-electron chi connectivity index (χ4n) is 1.72. The number of thiophene rings is 1. The van der Waals surface area contributed by atoms with Crippen molar-refractivity contribution in [1.29, 1.82) is 5.26 Å². The molecule has 2 N–H and O–H groups in total. The van der Waals surface area contributed by atoms with E-state index < -0.39 is 5.60 Å². The van der Waals surface area contributed by atoms with Gasteiger partial charge < -0.3 is 10.4 Å². The first-order valence-corrected chi connectivity index (χ1v) is 6.95. The van der Waals surface area contributed by atoms with Crippen molar-refractivity contribution in [3.63, 3.8) is 0 Å². The molecule has 20 heavy (non-hydrogen) atoms. The lowest BCUT2D eigenvalue weighted by atomic mass is 10.0. The van der Waals surface area contributed by atoms with E-state index in [1.165, 1.54) is 11.3 Å². The quantitative estimate of drug-likeness (QED) is 0.905. The molecule has 1 aromatic carbocycles. The van der Waals surface area contributed by atoms with Crippen LogP contribution in [0.5, 0.6) is 0 Å². The number of amides is 1. The fraction of sp³-hybridized carbons (Fsp3) is 0.200. The second-order valence-electron chi connectivity index (χ2n) is 4.62. The molecule has 1 heterocycles. The molecule has 5 heteroatoms. The van der Waals surface area contributed by atoms with Gasteiger partial charge in [-0.2, -0.15) is 5.26 Å². The highest BCUT2D eigenvalue weighted by Gasteiger charge is 2.24. The third-order valence-corrected chi connectivity index (χ3v) is 4.04. The molecule has 0 saturated heterocycles. The number of carbonyl (C=O) groups is 1. The Labute approximate surface area is 121 Å². The summed E-state index contributed by atoms with van der Waals surface area (Å²) in [6.45, 7) is 1.80.